The Balaban J connectivity index is 2.25. The minimum Gasteiger partial charge on any atom is -0.409 e. The molecule has 0 spiro atoms. The van der Waals surface area contributed by atoms with E-state index in [0.717, 1.165) is 6.07 Å². The standard InChI is InChI=1S/C14H13FN4O2/c1-8-10(3-2-6-17-8)14(20)18-12-5-4-9(7-11(12)15)13(16)19-21/h2-7,21H,1H3,(H2,16,19)(H,18,20). The van der Waals surface area contributed by atoms with Crippen molar-refractivity contribution in [1.29, 1.82) is 0 Å². The van der Waals surface area contributed by atoms with Gasteiger partial charge in [-0.3, -0.25) is 9.78 Å². The molecule has 0 aliphatic rings. The number of hydrogen-bond donors (Lipinski definition) is 3. The van der Waals surface area contributed by atoms with E-state index < -0.39 is 11.7 Å². The van der Waals surface area contributed by atoms with E-state index in [2.05, 4.69) is 15.5 Å². The van der Waals surface area contributed by atoms with Gasteiger partial charge in [-0.1, -0.05) is 5.16 Å². The van der Waals surface area contributed by atoms with Crippen LogP contribution in [0.1, 0.15) is 21.6 Å². The van der Waals surface area contributed by atoms with E-state index in [1.807, 2.05) is 0 Å². The van der Waals surface area contributed by atoms with Crippen molar-refractivity contribution in [3.63, 3.8) is 0 Å². The second-order valence-electron chi connectivity index (χ2n) is 4.27. The smallest absolute Gasteiger partial charge is 0.257 e. The number of nitrogens with zero attached hydrogens (tertiary/aromatic N) is 2. The molecule has 0 aliphatic carbocycles. The number of carbonyl (C=O) groups excluding carboxylic acids is 1. The molecule has 4 N–H and O–H groups in total. The number of benzene rings is 1. The van der Waals surface area contributed by atoms with E-state index in [1.165, 1.54) is 12.1 Å². The Morgan fingerprint density at radius 2 is 2.19 bits per heavy atom. The highest BCUT2D eigenvalue weighted by Gasteiger charge is 2.13. The number of carbonyl (C=O) groups is 1. The number of anilines is 1. The van der Waals surface area contributed by atoms with Gasteiger partial charge in [0.05, 0.1) is 11.3 Å². The Morgan fingerprint density at radius 3 is 2.81 bits per heavy atom. The lowest BCUT2D eigenvalue weighted by molar-refractivity contribution is 0.102. The molecule has 0 bridgehead atoms. The first-order valence-corrected chi connectivity index (χ1v) is 6.03. The third-order valence-electron chi connectivity index (χ3n) is 2.87. The lowest BCUT2D eigenvalue weighted by Gasteiger charge is -2.09. The van der Waals surface area contributed by atoms with E-state index in [0.29, 0.717) is 11.3 Å². The molecule has 108 valence electrons. The molecule has 0 atom stereocenters. The molecule has 0 saturated heterocycles. The summed E-state index contributed by atoms with van der Waals surface area (Å²) in [4.78, 5) is 16.1. The largest absolute Gasteiger partial charge is 0.409 e. The first-order valence-electron chi connectivity index (χ1n) is 6.03. The maximum absolute atomic E-state index is 13.9. The average molecular weight is 288 g/mol. The Kier molecular flexibility index (Phi) is 4.13. The topological polar surface area (TPSA) is 101 Å². The normalized spacial score (nSPS) is 11.2. The van der Waals surface area contributed by atoms with Crippen LogP contribution in [0.15, 0.2) is 41.7 Å². The molecule has 1 amide bonds. The Labute approximate surface area is 120 Å². The molecule has 2 aromatic rings. The quantitative estimate of drug-likeness (QED) is 0.347. The molecule has 0 fully saturated rings. The summed E-state index contributed by atoms with van der Waals surface area (Å²) in [6.45, 7) is 1.69. The predicted molar refractivity (Wildman–Crippen MR) is 75.8 cm³/mol. The van der Waals surface area contributed by atoms with Gasteiger partial charge in [-0.05, 0) is 37.3 Å². The van der Waals surface area contributed by atoms with Crippen molar-refractivity contribution in [1.82, 2.24) is 4.98 Å². The zero-order valence-electron chi connectivity index (χ0n) is 11.2. The fraction of sp³-hybridized carbons (Fsp3) is 0.0714. The summed E-state index contributed by atoms with van der Waals surface area (Å²) in [6.07, 6.45) is 1.57. The summed E-state index contributed by atoms with van der Waals surface area (Å²) in [5, 5.41) is 13.8. The molecule has 6 nitrogen and oxygen atoms in total. The first-order chi connectivity index (χ1) is 10.0. The van der Waals surface area contributed by atoms with Gasteiger partial charge in [0.25, 0.3) is 5.91 Å². The number of pyridine rings is 1. The van der Waals surface area contributed by atoms with E-state index >= 15 is 0 Å². The molecule has 1 aromatic carbocycles. The fourth-order valence-corrected chi connectivity index (χ4v) is 1.75. The highest BCUT2D eigenvalue weighted by Crippen LogP contribution is 2.17. The van der Waals surface area contributed by atoms with E-state index in [-0.39, 0.29) is 17.1 Å². The summed E-state index contributed by atoms with van der Waals surface area (Å²) in [6, 6.07) is 7.07. The molecule has 0 radical (unpaired) electrons. The van der Waals surface area contributed by atoms with Crippen LogP contribution in [0.4, 0.5) is 10.1 Å². The van der Waals surface area contributed by atoms with Gasteiger partial charge in [0.15, 0.2) is 5.84 Å². The highest BCUT2D eigenvalue weighted by molar-refractivity contribution is 6.05. The van der Waals surface area contributed by atoms with Crippen molar-refractivity contribution >= 4 is 17.4 Å². The number of rotatable bonds is 3. The molecule has 2 rings (SSSR count). The van der Waals surface area contributed by atoms with Crippen LogP contribution in [-0.2, 0) is 0 Å². The predicted octanol–water partition coefficient (Wildman–Crippen LogP) is 1.88. The van der Waals surface area contributed by atoms with Gasteiger partial charge in [0, 0.05) is 17.5 Å². The maximum atomic E-state index is 13.9. The summed E-state index contributed by atoms with van der Waals surface area (Å²) in [7, 11) is 0. The van der Waals surface area contributed by atoms with Gasteiger partial charge in [0.2, 0.25) is 0 Å². The van der Waals surface area contributed by atoms with Gasteiger partial charge in [-0.25, -0.2) is 4.39 Å². The lowest BCUT2D eigenvalue weighted by Crippen LogP contribution is -2.16. The number of hydrogen-bond acceptors (Lipinski definition) is 4. The van der Waals surface area contributed by atoms with Crippen LogP contribution in [0.25, 0.3) is 0 Å². The number of nitrogens with two attached hydrogens (primary N) is 1. The minimum atomic E-state index is -0.686. The molecule has 21 heavy (non-hydrogen) atoms. The van der Waals surface area contributed by atoms with Crippen molar-refractivity contribution in [3.05, 3.63) is 59.2 Å². The molecule has 0 unspecified atom stereocenters. The van der Waals surface area contributed by atoms with Crippen LogP contribution in [-0.4, -0.2) is 21.9 Å². The van der Waals surface area contributed by atoms with Crippen LogP contribution in [0.2, 0.25) is 0 Å². The number of nitrogens with one attached hydrogen (secondary N) is 1. The number of oxime groups is 1. The fourth-order valence-electron chi connectivity index (χ4n) is 1.75. The molecular weight excluding hydrogens is 275 g/mol. The molecule has 1 heterocycles. The molecule has 7 heteroatoms. The van der Waals surface area contributed by atoms with Crippen LogP contribution in [0.3, 0.4) is 0 Å². The van der Waals surface area contributed by atoms with Crippen LogP contribution in [0, 0.1) is 12.7 Å². The number of amides is 1. The monoisotopic (exact) mass is 288 g/mol. The second-order valence-corrected chi connectivity index (χ2v) is 4.27. The van der Waals surface area contributed by atoms with Crippen LogP contribution in [0.5, 0.6) is 0 Å². The van der Waals surface area contributed by atoms with Crippen molar-refractivity contribution in [2.24, 2.45) is 10.9 Å². The van der Waals surface area contributed by atoms with E-state index in [4.69, 9.17) is 10.9 Å². The number of halogens is 1. The summed E-state index contributed by atoms with van der Waals surface area (Å²) in [5.41, 5.74) is 6.48. The van der Waals surface area contributed by atoms with E-state index in [1.54, 1.807) is 25.3 Å². The zero-order valence-corrected chi connectivity index (χ0v) is 11.2. The van der Waals surface area contributed by atoms with Crippen molar-refractivity contribution in [2.45, 2.75) is 6.92 Å². The summed E-state index contributed by atoms with van der Waals surface area (Å²) in [5.74, 6) is -1.36. The minimum absolute atomic E-state index is 0.00209. The molecular formula is C14H13FN4O2. The summed E-state index contributed by atoms with van der Waals surface area (Å²) >= 11 is 0. The second kappa shape index (κ2) is 6.00. The Bertz CT molecular complexity index is 716. The lowest BCUT2D eigenvalue weighted by atomic mass is 10.1. The van der Waals surface area contributed by atoms with Gasteiger partial charge in [-0.2, -0.15) is 0 Å². The first kappa shape index (κ1) is 14.4. The Hall–Kier alpha value is -2.96. The molecule has 0 aliphatic heterocycles. The van der Waals surface area contributed by atoms with Gasteiger partial charge in [0.1, 0.15) is 5.82 Å². The van der Waals surface area contributed by atoms with Gasteiger partial charge < -0.3 is 16.3 Å². The highest BCUT2D eigenvalue weighted by atomic mass is 19.1. The van der Waals surface area contributed by atoms with Crippen LogP contribution >= 0.6 is 0 Å². The zero-order chi connectivity index (χ0) is 15.4. The Morgan fingerprint density at radius 1 is 1.43 bits per heavy atom. The van der Waals surface area contributed by atoms with Gasteiger partial charge >= 0.3 is 0 Å². The van der Waals surface area contributed by atoms with Crippen molar-refractivity contribution in [2.75, 3.05) is 5.32 Å². The third kappa shape index (κ3) is 3.14. The summed E-state index contributed by atoms with van der Waals surface area (Å²) < 4.78 is 13.9. The van der Waals surface area contributed by atoms with Crippen LogP contribution < -0.4 is 11.1 Å². The third-order valence-corrected chi connectivity index (χ3v) is 2.87. The molecule has 1 aromatic heterocycles. The SMILES string of the molecule is Cc1ncccc1C(=O)Nc1ccc(/C(N)=N/O)cc1F. The number of amidine groups is 1. The van der Waals surface area contributed by atoms with Crippen molar-refractivity contribution in [3.8, 4) is 0 Å². The molecule has 0 saturated carbocycles. The number of aromatic nitrogens is 1. The van der Waals surface area contributed by atoms with Crippen molar-refractivity contribution < 1.29 is 14.4 Å². The number of aryl methyl sites for hydroxylation is 1. The maximum Gasteiger partial charge on any atom is 0.257 e. The average Bonchev–Trinajstić information content (AvgIpc) is 2.48. The van der Waals surface area contributed by atoms with E-state index in [9.17, 15) is 9.18 Å². The van der Waals surface area contributed by atoms with Gasteiger partial charge in [-0.15, -0.1) is 0 Å².